The lowest BCUT2D eigenvalue weighted by Crippen LogP contribution is -2.26. The second kappa shape index (κ2) is 6.55. The molecule has 0 heterocycles. The van der Waals surface area contributed by atoms with Gasteiger partial charge >= 0.3 is 0 Å². The van der Waals surface area contributed by atoms with Crippen molar-refractivity contribution < 1.29 is 0 Å². The monoisotopic (exact) mass is 295 g/mol. The molecule has 1 saturated carbocycles. The molecule has 17 heavy (non-hydrogen) atoms. The predicted octanol–water partition coefficient (Wildman–Crippen LogP) is 4.37. The molecule has 0 aliphatic heterocycles. The van der Waals surface area contributed by atoms with Crippen molar-refractivity contribution in [2.75, 3.05) is 6.54 Å². The third-order valence-electron chi connectivity index (χ3n) is 3.72. The summed E-state index contributed by atoms with van der Waals surface area (Å²) in [6, 6.07) is 8.58. The number of hydrogen-bond acceptors (Lipinski definition) is 1. The van der Waals surface area contributed by atoms with Crippen molar-refractivity contribution in [2.24, 2.45) is 11.8 Å². The third kappa shape index (κ3) is 4.44. The Morgan fingerprint density at radius 3 is 2.71 bits per heavy atom. The van der Waals surface area contributed by atoms with Gasteiger partial charge in [-0.2, -0.15) is 0 Å². The van der Waals surface area contributed by atoms with E-state index >= 15 is 0 Å². The summed E-state index contributed by atoms with van der Waals surface area (Å²) in [7, 11) is 0. The quantitative estimate of drug-likeness (QED) is 0.870. The summed E-state index contributed by atoms with van der Waals surface area (Å²) in [5.41, 5.74) is 1.37. The molecule has 1 aromatic carbocycles. The van der Waals surface area contributed by atoms with Crippen LogP contribution in [0.15, 0.2) is 28.7 Å². The summed E-state index contributed by atoms with van der Waals surface area (Å²) in [6.45, 7) is 4.57. The third-order valence-corrected chi connectivity index (χ3v) is 4.25. The van der Waals surface area contributed by atoms with Crippen molar-refractivity contribution in [2.45, 2.75) is 39.2 Å². The summed E-state index contributed by atoms with van der Waals surface area (Å²) in [4.78, 5) is 0. The fourth-order valence-corrected chi connectivity index (χ4v) is 3.03. The molecular weight excluding hydrogens is 274 g/mol. The molecule has 2 atom stereocenters. The summed E-state index contributed by atoms with van der Waals surface area (Å²) in [5, 5.41) is 3.60. The van der Waals surface area contributed by atoms with E-state index in [1.54, 1.807) is 0 Å². The van der Waals surface area contributed by atoms with Gasteiger partial charge in [-0.05, 0) is 48.9 Å². The van der Waals surface area contributed by atoms with Crippen LogP contribution in [-0.4, -0.2) is 6.54 Å². The van der Waals surface area contributed by atoms with Crippen molar-refractivity contribution in [1.82, 2.24) is 5.32 Å². The Hall–Kier alpha value is -0.340. The van der Waals surface area contributed by atoms with Gasteiger partial charge in [0, 0.05) is 11.0 Å². The van der Waals surface area contributed by atoms with E-state index in [0.717, 1.165) is 22.9 Å². The van der Waals surface area contributed by atoms with Crippen molar-refractivity contribution in [1.29, 1.82) is 0 Å². The normalized spacial score (nSPS) is 24.8. The van der Waals surface area contributed by atoms with Crippen LogP contribution in [0.25, 0.3) is 0 Å². The standard InChI is InChI=1S/C15H22BrN/c1-12-3-2-4-14(9-12)11-17-10-13-5-7-15(16)8-6-13/h5-8,12,14,17H,2-4,9-11H2,1H3. The van der Waals surface area contributed by atoms with E-state index in [-0.39, 0.29) is 0 Å². The summed E-state index contributed by atoms with van der Waals surface area (Å²) in [5.74, 6) is 1.83. The molecule has 0 spiro atoms. The van der Waals surface area contributed by atoms with Crippen LogP contribution in [0, 0.1) is 11.8 Å². The first kappa shape index (κ1) is 13.1. The molecule has 0 aromatic heterocycles. The Labute approximate surface area is 113 Å². The number of hydrogen-bond donors (Lipinski definition) is 1. The van der Waals surface area contributed by atoms with Crippen LogP contribution in [0.1, 0.15) is 38.2 Å². The number of benzene rings is 1. The first-order valence-electron chi connectivity index (χ1n) is 6.69. The largest absolute Gasteiger partial charge is 0.312 e. The van der Waals surface area contributed by atoms with Gasteiger partial charge in [-0.1, -0.05) is 47.8 Å². The Balaban J connectivity index is 1.70. The molecule has 0 radical (unpaired) electrons. The van der Waals surface area contributed by atoms with Gasteiger partial charge in [0.2, 0.25) is 0 Å². The van der Waals surface area contributed by atoms with Crippen LogP contribution in [0.2, 0.25) is 0 Å². The fourth-order valence-electron chi connectivity index (χ4n) is 2.77. The number of rotatable bonds is 4. The van der Waals surface area contributed by atoms with E-state index < -0.39 is 0 Å². The topological polar surface area (TPSA) is 12.0 Å². The highest BCUT2D eigenvalue weighted by molar-refractivity contribution is 9.10. The first-order chi connectivity index (χ1) is 8.24. The lowest BCUT2D eigenvalue weighted by Gasteiger charge is -2.26. The molecule has 0 bridgehead atoms. The second-order valence-electron chi connectivity index (χ2n) is 5.40. The maximum Gasteiger partial charge on any atom is 0.0205 e. The van der Waals surface area contributed by atoms with Crippen LogP contribution in [0.5, 0.6) is 0 Å². The van der Waals surface area contributed by atoms with Crippen LogP contribution in [0.3, 0.4) is 0 Å². The Kier molecular flexibility index (Phi) is 5.05. The summed E-state index contributed by atoms with van der Waals surface area (Å²) >= 11 is 3.46. The Morgan fingerprint density at radius 2 is 2.00 bits per heavy atom. The van der Waals surface area contributed by atoms with Gasteiger partial charge < -0.3 is 5.32 Å². The maximum absolute atomic E-state index is 3.60. The highest BCUT2D eigenvalue weighted by atomic mass is 79.9. The molecule has 2 heteroatoms. The predicted molar refractivity (Wildman–Crippen MR) is 77.0 cm³/mol. The van der Waals surface area contributed by atoms with Gasteiger partial charge in [0.1, 0.15) is 0 Å². The van der Waals surface area contributed by atoms with E-state index in [4.69, 9.17) is 0 Å². The van der Waals surface area contributed by atoms with E-state index in [1.165, 1.54) is 37.8 Å². The molecule has 2 rings (SSSR count). The molecule has 0 saturated heterocycles. The van der Waals surface area contributed by atoms with Crippen LogP contribution < -0.4 is 5.32 Å². The van der Waals surface area contributed by atoms with Crippen LogP contribution in [0.4, 0.5) is 0 Å². The van der Waals surface area contributed by atoms with Crippen molar-refractivity contribution in [3.8, 4) is 0 Å². The zero-order valence-electron chi connectivity index (χ0n) is 10.6. The molecule has 1 N–H and O–H groups in total. The van der Waals surface area contributed by atoms with Crippen molar-refractivity contribution in [3.05, 3.63) is 34.3 Å². The Bertz CT molecular complexity index is 333. The average Bonchev–Trinajstić information content (AvgIpc) is 2.32. The second-order valence-corrected chi connectivity index (χ2v) is 6.31. The lowest BCUT2D eigenvalue weighted by atomic mass is 9.82. The average molecular weight is 296 g/mol. The molecule has 1 aromatic rings. The van der Waals surface area contributed by atoms with Gasteiger partial charge in [0.25, 0.3) is 0 Å². The molecule has 1 nitrogen and oxygen atoms in total. The summed E-state index contributed by atoms with van der Waals surface area (Å²) in [6.07, 6.45) is 5.68. The highest BCUT2D eigenvalue weighted by Gasteiger charge is 2.17. The molecule has 2 unspecified atom stereocenters. The smallest absolute Gasteiger partial charge is 0.0205 e. The maximum atomic E-state index is 3.60. The van der Waals surface area contributed by atoms with Crippen molar-refractivity contribution in [3.63, 3.8) is 0 Å². The molecular formula is C15H22BrN. The molecule has 1 aliphatic rings. The van der Waals surface area contributed by atoms with Crippen LogP contribution in [-0.2, 0) is 6.54 Å². The molecule has 94 valence electrons. The molecule has 1 fully saturated rings. The first-order valence-corrected chi connectivity index (χ1v) is 7.48. The highest BCUT2D eigenvalue weighted by Crippen LogP contribution is 2.27. The Morgan fingerprint density at radius 1 is 1.24 bits per heavy atom. The minimum absolute atomic E-state index is 0.897. The summed E-state index contributed by atoms with van der Waals surface area (Å²) < 4.78 is 1.15. The van der Waals surface area contributed by atoms with Gasteiger partial charge in [0.15, 0.2) is 0 Å². The number of halogens is 1. The van der Waals surface area contributed by atoms with Gasteiger partial charge in [-0.15, -0.1) is 0 Å². The van der Waals surface area contributed by atoms with Crippen molar-refractivity contribution >= 4 is 15.9 Å². The molecule has 1 aliphatic carbocycles. The van der Waals surface area contributed by atoms with E-state index in [0.29, 0.717) is 0 Å². The lowest BCUT2D eigenvalue weighted by molar-refractivity contribution is 0.274. The fraction of sp³-hybridized carbons (Fsp3) is 0.600. The van der Waals surface area contributed by atoms with Gasteiger partial charge in [-0.3, -0.25) is 0 Å². The zero-order valence-corrected chi connectivity index (χ0v) is 12.2. The van der Waals surface area contributed by atoms with Crippen LogP contribution >= 0.6 is 15.9 Å². The minimum Gasteiger partial charge on any atom is -0.312 e. The minimum atomic E-state index is 0.897. The zero-order chi connectivity index (χ0) is 12.1. The number of nitrogens with one attached hydrogen (secondary N) is 1. The molecule has 0 amide bonds. The van der Waals surface area contributed by atoms with E-state index in [2.05, 4.69) is 52.4 Å². The van der Waals surface area contributed by atoms with E-state index in [1.807, 2.05) is 0 Å². The van der Waals surface area contributed by atoms with Gasteiger partial charge in [0.05, 0.1) is 0 Å². The SMILES string of the molecule is CC1CCCC(CNCc2ccc(Br)cc2)C1. The van der Waals surface area contributed by atoms with Gasteiger partial charge in [-0.25, -0.2) is 0 Å². The van der Waals surface area contributed by atoms with E-state index in [9.17, 15) is 0 Å².